The molecule has 6 heteroatoms. The van der Waals surface area contributed by atoms with Crippen LogP contribution in [0.3, 0.4) is 0 Å². The zero-order chi connectivity index (χ0) is 15.5. The van der Waals surface area contributed by atoms with Gasteiger partial charge in [-0.15, -0.1) is 0 Å². The summed E-state index contributed by atoms with van der Waals surface area (Å²) in [6.45, 7) is 1.60. The Morgan fingerprint density at radius 3 is 2.24 bits per heavy atom. The number of rotatable bonds is 5. The van der Waals surface area contributed by atoms with Crippen LogP contribution in [0, 0.1) is 0 Å². The van der Waals surface area contributed by atoms with Crippen LogP contribution in [-0.2, 0) is 14.6 Å². The molecule has 1 saturated carbocycles. The van der Waals surface area contributed by atoms with Crippen LogP contribution in [0.4, 0.5) is 5.69 Å². The van der Waals surface area contributed by atoms with Crippen molar-refractivity contribution in [2.45, 2.75) is 49.5 Å². The molecule has 1 fully saturated rings. The summed E-state index contributed by atoms with van der Waals surface area (Å²) >= 11 is 0. The molecule has 1 aromatic rings. The quantitative estimate of drug-likeness (QED) is 0.873. The number of hydrogen-bond donors (Lipinski definition) is 2. The Morgan fingerprint density at radius 1 is 1.19 bits per heavy atom. The number of hydrogen-bond acceptors (Lipinski definition) is 4. The largest absolute Gasteiger partial charge is 0.480 e. The first-order valence-electron chi connectivity index (χ1n) is 7.24. The summed E-state index contributed by atoms with van der Waals surface area (Å²) < 4.78 is 23.5. The Hall–Kier alpha value is -1.56. The number of carboxylic acids is 1. The molecule has 0 unspecified atom stereocenters. The van der Waals surface area contributed by atoms with E-state index in [1.165, 1.54) is 12.1 Å². The van der Waals surface area contributed by atoms with Gasteiger partial charge in [-0.25, -0.2) is 13.2 Å². The SMILES string of the molecule is CCS(=O)(=O)c1ccc(NC2(C(=O)O)CCCCC2)cc1. The van der Waals surface area contributed by atoms with E-state index in [0.717, 1.165) is 19.3 Å². The fourth-order valence-electron chi connectivity index (χ4n) is 2.74. The minimum absolute atomic E-state index is 0.0544. The highest BCUT2D eigenvalue weighted by molar-refractivity contribution is 7.91. The third-order valence-corrected chi connectivity index (χ3v) is 5.84. The van der Waals surface area contributed by atoms with E-state index in [2.05, 4.69) is 5.32 Å². The fraction of sp³-hybridized carbons (Fsp3) is 0.533. The van der Waals surface area contributed by atoms with Gasteiger partial charge in [0.25, 0.3) is 0 Å². The molecule has 0 heterocycles. The summed E-state index contributed by atoms with van der Waals surface area (Å²) in [7, 11) is -3.22. The number of sulfone groups is 1. The molecule has 1 aliphatic rings. The van der Waals surface area contributed by atoms with Gasteiger partial charge in [-0.2, -0.15) is 0 Å². The van der Waals surface area contributed by atoms with Crippen LogP contribution in [0.2, 0.25) is 0 Å². The van der Waals surface area contributed by atoms with Gasteiger partial charge in [-0.05, 0) is 37.1 Å². The molecular weight excluding hydrogens is 290 g/mol. The van der Waals surface area contributed by atoms with Gasteiger partial charge in [-0.3, -0.25) is 0 Å². The van der Waals surface area contributed by atoms with E-state index in [4.69, 9.17) is 0 Å². The molecule has 0 bridgehead atoms. The molecule has 2 rings (SSSR count). The molecule has 0 aliphatic heterocycles. The number of aliphatic carboxylic acids is 1. The molecule has 5 nitrogen and oxygen atoms in total. The summed E-state index contributed by atoms with van der Waals surface area (Å²) in [5.74, 6) is -0.786. The van der Waals surface area contributed by atoms with Crippen LogP contribution >= 0.6 is 0 Å². The molecule has 0 spiro atoms. The molecule has 0 saturated heterocycles. The Kier molecular flexibility index (Phi) is 4.56. The van der Waals surface area contributed by atoms with Crippen molar-refractivity contribution in [2.24, 2.45) is 0 Å². The van der Waals surface area contributed by atoms with Crippen LogP contribution < -0.4 is 5.32 Å². The predicted molar refractivity (Wildman–Crippen MR) is 81.2 cm³/mol. The van der Waals surface area contributed by atoms with Gasteiger partial charge in [0.05, 0.1) is 10.6 Å². The van der Waals surface area contributed by atoms with Gasteiger partial charge in [0.1, 0.15) is 5.54 Å². The van der Waals surface area contributed by atoms with E-state index in [1.54, 1.807) is 19.1 Å². The van der Waals surface area contributed by atoms with Crippen molar-refractivity contribution in [3.8, 4) is 0 Å². The lowest BCUT2D eigenvalue weighted by Crippen LogP contribution is -2.47. The summed E-state index contributed by atoms with van der Waals surface area (Å²) in [6.07, 6.45) is 4.03. The Morgan fingerprint density at radius 2 is 1.76 bits per heavy atom. The molecule has 0 amide bonds. The van der Waals surface area contributed by atoms with Crippen molar-refractivity contribution in [1.29, 1.82) is 0 Å². The second-order valence-electron chi connectivity index (χ2n) is 5.50. The number of nitrogens with one attached hydrogen (secondary N) is 1. The standard InChI is InChI=1S/C15H21NO4S/c1-2-21(19,20)13-8-6-12(7-9-13)16-15(14(17)18)10-4-3-5-11-15/h6-9,16H,2-5,10-11H2,1H3,(H,17,18). The maximum Gasteiger partial charge on any atom is 0.329 e. The highest BCUT2D eigenvalue weighted by atomic mass is 32.2. The average Bonchev–Trinajstić information content (AvgIpc) is 2.48. The summed E-state index contributed by atoms with van der Waals surface area (Å²) in [5, 5.41) is 12.6. The Labute approximate surface area is 125 Å². The first-order valence-corrected chi connectivity index (χ1v) is 8.89. The number of anilines is 1. The van der Waals surface area contributed by atoms with E-state index in [9.17, 15) is 18.3 Å². The van der Waals surface area contributed by atoms with E-state index in [-0.39, 0.29) is 10.6 Å². The molecule has 21 heavy (non-hydrogen) atoms. The third kappa shape index (κ3) is 3.37. The summed E-state index contributed by atoms with van der Waals surface area (Å²) in [4.78, 5) is 11.9. The molecule has 1 aromatic carbocycles. The van der Waals surface area contributed by atoms with Crippen LogP contribution in [0.5, 0.6) is 0 Å². The minimum Gasteiger partial charge on any atom is -0.480 e. The van der Waals surface area contributed by atoms with Crippen molar-refractivity contribution >= 4 is 21.5 Å². The van der Waals surface area contributed by atoms with Crippen molar-refractivity contribution in [3.05, 3.63) is 24.3 Å². The zero-order valence-electron chi connectivity index (χ0n) is 12.1. The molecule has 0 radical (unpaired) electrons. The van der Waals surface area contributed by atoms with Gasteiger partial charge in [0.2, 0.25) is 0 Å². The monoisotopic (exact) mass is 311 g/mol. The van der Waals surface area contributed by atoms with E-state index >= 15 is 0 Å². The Bertz CT molecular complexity index is 601. The second-order valence-corrected chi connectivity index (χ2v) is 7.78. The zero-order valence-corrected chi connectivity index (χ0v) is 12.9. The number of benzene rings is 1. The van der Waals surface area contributed by atoms with Crippen molar-refractivity contribution in [1.82, 2.24) is 0 Å². The normalized spacial score (nSPS) is 18.1. The first kappa shape index (κ1) is 15.8. The first-order chi connectivity index (χ1) is 9.89. The molecule has 0 atom stereocenters. The van der Waals surface area contributed by atoms with Crippen LogP contribution in [-0.4, -0.2) is 30.8 Å². The van der Waals surface area contributed by atoms with Gasteiger partial charge in [-0.1, -0.05) is 26.2 Å². The van der Waals surface area contributed by atoms with Gasteiger partial charge in [0, 0.05) is 5.69 Å². The topological polar surface area (TPSA) is 83.5 Å². The predicted octanol–water partition coefficient (Wildman–Crippen LogP) is 2.68. The molecule has 0 aromatic heterocycles. The van der Waals surface area contributed by atoms with Crippen LogP contribution in [0.1, 0.15) is 39.0 Å². The smallest absolute Gasteiger partial charge is 0.329 e. The third-order valence-electron chi connectivity index (χ3n) is 4.09. The highest BCUT2D eigenvalue weighted by Crippen LogP contribution is 2.32. The molecule has 1 aliphatic carbocycles. The second kappa shape index (κ2) is 6.05. The number of carbonyl (C=O) groups is 1. The Balaban J connectivity index is 2.21. The van der Waals surface area contributed by atoms with Crippen LogP contribution in [0.15, 0.2) is 29.2 Å². The average molecular weight is 311 g/mol. The molecule has 2 N–H and O–H groups in total. The van der Waals surface area contributed by atoms with Gasteiger partial charge >= 0.3 is 5.97 Å². The molecule has 116 valence electrons. The maximum absolute atomic E-state index is 11.8. The summed E-state index contributed by atoms with van der Waals surface area (Å²) in [5.41, 5.74) is -0.280. The van der Waals surface area contributed by atoms with E-state index < -0.39 is 21.3 Å². The fourth-order valence-corrected chi connectivity index (χ4v) is 3.62. The number of carboxylic acid groups (broad SMARTS) is 1. The van der Waals surface area contributed by atoms with Gasteiger partial charge in [0.15, 0.2) is 9.84 Å². The lowest BCUT2D eigenvalue weighted by Gasteiger charge is -2.35. The lowest BCUT2D eigenvalue weighted by molar-refractivity contribution is -0.143. The van der Waals surface area contributed by atoms with E-state index in [1.807, 2.05) is 0 Å². The van der Waals surface area contributed by atoms with Crippen molar-refractivity contribution in [2.75, 3.05) is 11.1 Å². The summed E-state index contributed by atoms with van der Waals surface area (Å²) in [6, 6.07) is 6.34. The van der Waals surface area contributed by atoms with Crippen molar-refractivity contribution < 1.29 is 18.3 Å². The van der Waals surface area contributed by atoms with Crippen LogP contribution in [0.25, 0.3) is 0 Å². The van der Waals surface area contributed by atoms with E-state index in [0.29, 0.717) is 18.5 Å². The van der Waals surface area contributed by atoms with Crippen molar-refractivity contribution in [3.63, 3.8) is 0 Å². The van der Waals surface area contributed by atoms with Gasteiger partial charge < -0.3 is 10.4 Å². The maximum atomic E-state index is 11.8. The highest BCUT2D eigenvalue weighted by Gasteiger charge is 2.39. The minimum atomic E-state index is -3.22. The molecular formula is C15H21NO4S. The lowest BCUT2D eigenvalue weighted by atomic mass is 9.81.